The number of phenols is 1. The largest absolute Gasteiger partial charge is 0.508 e. The molecule has 22 heavy (non-hydrogen) atoms. The molecule has 0 aliphatic rings. The van der Waals surface area contributed by atoms with Gasteiger partial charge in [-0.05, 0) is 31.0 Å². The Morgan fingerprint density at radius 1 is 1.32 bits per heavy atom. The third-order valence-corrected chi connectivity index (χ3v) is 2.90. The van der Waals surface area contributed by atoms with Crippen LogP contribution in [0.3, 0.4) is 0 Å². The van der Waals surface area contributed by atoms with Crippen molar-refractivity contribution in [1.82, 2.24) is 9.97 Å². The molecule has 1 heterocycles. The molecule has 7 heteroatoms. The van der Waals surface area contributed by atoms with Gasteiger partial charge in [-0.15, -0.1) is 0 Å². The molecule has 0 radical (unpaired) electrons. The third-order valence-electron chi connectivity index (χ3n) is 2.90. The fourth-order valence-electron chi connectivity index (χ4n) is 1.82. The third kappa shape index (κ3) is 4.62. The summed E-state index contributed by atoms with van der Waals surface area (Å²) in [6, 6.07) is 8.72. The Morgan fingerprint density at radius 2 is 2.05 bits per heavy atom. The van der Waals surface area contributed by atoms with Crippen molar-refractivity contribution >= 4 is 11.9 Å². The van der Waals surface area contributed by atoms with E-state index in [-0.39, 0.29) is 11.7 Å². The Kier molecular flexibility index (Phi) is 5.13. The van der Waals surface area contributed by atoms with E-state index in [1.165, 1.54) is 0 Å². The number of nitrogens with two attached hydrogens (primary N) is 1. The average Bonchev–Trinajstić information content (AvgIpc) is 2.48. The first-order valence-electron chi connectivity index (χ1n) is 6.81. The van der Waals surface area contributed by atoms with Crippen molar-refractivity contribution < 1.29 is 9.84 Å². The highest BCUT2D eigenvalue weighted by molar-refractivity contribution is 5.90. The maximum absolute atomic E-state index is 9.22. The van der Waals surface area contributed by atoms with Crippen molar-refractivity contribution in [2.75, 3.05) is 19.0 Å². The Morgan fingerprint density at radius 3 is 2.73 bits per heavy atom. The molecular formula is C15H19N5O2. The van der Waals surface area contributed by atoms with Gasteiger partial charge in [-0.2, -0.15) is 4.98 Å². The smallest absolute Gasteiger partial charge is 0.233 e. The van der Waals surface area contributed by atoms with Crippen molar-refractivity contribution in [3.63, 3.8) is 0 Å². The van der Waals surface area contributed by atoms with Gasteiger partial charge >= 0.3 is 0 Å². The average molecular weight is 301 g/mol. The molecule has 0 atom stereocenters. The summed E-state index contributed by atoms with van der Waals surface area (Å²) in [4.78, 5) is 12.6. The van der Waals surface area contributed by atoms with E-state index in [0.717, 1.165) is 17.7 Å². The molecule has 0 saturated heterocycles. The number of rotatable bonds is 5. The van der Waals surface area contributed by atoms with Gasteiger partial charge in [0.15, 0.2) is 5.96 Å². The molecule has 0 saturated carbocycles. The number of anilines is 1. The monoisotopic (exact) mass is 301 g/mol. The molecule has 7 nitrogen and oxygen atoms in total. The van der Waals surface area contributed by atoms with Gasteiger partial charge in [-0.3, -0.25) is 10.3 Å². The van der Waals surface area contributed by atoms with E-state index in [9.17, 15) is 5.11 Å². The second kappa shape index (κ2) is 7.26. The van der Waals surface area contributed by atoms with Gasteiger partial charge in [-0.25, -0.2) is 4.98 Å². The molecule has 1 aromatic heterocycles. The van der Waals surface area contributed by atoms with Crippen LogP contribution in [0.25, 0.3) is 0 Å². The first-order chi connectivity index (χ1) is 10.6. The normalized spacial score (nSPS) is 11.3. The molecule has 0 aliphatic heterocycles. The number of ether oxygens (including phenoxy) is 1. The lowest BCUT2D eigenvalue weighted by Crippen LogP contribution is -2.24. The summed E-state index contributed by atoms with van der Waals surface area (Å²) in [6.45, 7) is 2.36. The quantitative estimate of drug-likeness (QED) is 0.570. The lowest BCUT2D eigenvalue weighted by Gasteiger charge is -2.07. The summed E-state index contributed by atoms with van der Waals surface area (Å²) in [5, 5.41) is 12.1. The Bertz CT molecular complexity index is 655. The number of aryl methyl sites for hydroxylation is 1. The highest BCUT2D eigenvalue weighted by atomic mass is 16.5. The SMILES string of the molecule is COc1cc(C)nc(NC(N)=NCCc2ccc(O)cc2)n1. The molecular weight excluding hydrogens is 282 g/mol. The molecule has 1 aromatic carbocycles. The van der Waals surface area contributed by atoms with Crippen LogP contribution in [0.5, 0.6) is 11.6 Å². The van der Waals surface area contributed by atoms with E-state index < -0.39 is 0 Å². The summed E-state index contributed by atoms with van der Waals surface area (Å²) in [7, 11) is 1.54. The fourth-order valence-corrected chi connectivity index (χ4v) is 1.82. The molecule has 0 spiro atoms. The Hall–Kier alpha value is -2.83. The summed E-state index contributed by atoms with van der Waals surface area (Å²) in [5.41, 5.74) is 7.66. The molecule has 2 rings (SSSR count). The van der Waals surface area contributed by atoms with E-state index in [2.05, 4.69) is 20.3 Å². The maximum atomic E-state index is 9.22. The van der Waals surface area contributed by atoms with E-state index in [4.69, 9.17) is 10.5 Å². The Labute approximate surface area is 128 Å². The van der Waals surface area contributed by atoms with E-state index in [1.54, 1.807) is 25.3 Å². The zero-order valence-electron chi connectivity index (χ0n) is 12.6. The minimum absolute atomic E-state index is 0.242. The minimum Gasteiger partial charge on any atom is -0.508 e. The van der Waals surface area contributed by atoms with Gasteiger partial charge in [0.05, 0.1) is 7.11 Å². The summed E-state index contributed by atoms with van der Waals surface area (Å²) in [5.74, 6) is 1.31. The van der Waals surface area contributed by atoms with Crippen LogP contribution in [0, 0.1) is 6.92 Å². The zero-order chi connectivity index (χ0) is 15.9. The standard InChI is InChI=1S/C15H19N5O2/c1-10-9-13(22-2)19-15(18-10)20-14(16)17-8-7-11-3-5-12(21)6-4-11/h3-6,9,21H,7-8H2,1-2H3,(H3,16,17,18,19,20). The van der Waals surface area contributed by atoms with Gasteiger partial charge in [0, 0.05) is 18.3 Å². The number of phenolic OH excluding ortho intramolecular Hbond substituents is 1. The molecule has 116 valence electrons. The lowest BCUT2D eigenvalue weighted by atomic mass is 10.1. The van der Waals surface area contributed by atoms with Crippen LogP contribution in [0.2, 0.25) is 0 Å². The number of aromatic nitrogens is 2. The van der Waals surface area contributed by atoms with Crippen molar-refractivity contribution in [2.45, 2.75) is 13.3 Å². The molecule has 0 fully saturated rings. The number of hydrogen-bond acceptors (Lipinski definition) is 5. The number of hydrogen-bond donors (Lipinski definition) is 3. The minimum atomic E-state index is 0.242. The van der Waals surface area contributed by atoms with Crippen LogP contribution in [-0.4, -0.2) is 34.7 Å². The second-order valence-electron chi connectivity index (χ2n) is 4.68. The van der Waals surface area contributed by atoms with Gasteiger partial charge in [0.25, 0.3) is 0 Å². The molecule has 0 aliphatic carbocycles. The molecule has 4 N–H and O–H groups in total. The van der Waals surface area contributed by atoms with Gasteiger partial charge < -0.3 is 15.6 Å². The van der Waals surface area contributed by atoms with E-state index in [0.29, 0.717) is 18.4 Å². The first-order valence-corrected chi connectivity index (χ1v) is 6.81. The number of nitrogens with zero attached hydrogens (tertiary/aromatic N) is 3. The predicted molar refractivity (Wildman–Crippen MR) is 85.2 cm³/mol. The van der Waals surface area contributed by atoms with E-state index in [1.807, 2.05) is 19.1 Å². The topological polar surface area (TPSA) is 106 Å². The first kappa shape index (κ1) is 15.6. The summed E-state index contributed by atoms with van der Waals surface area (Å²) < 4.78 is 5.07. The number of nitrogens with one attached hydrogen (secondary N) is 1. The van der Waals surface area contributed by atoms with Crippen LogP contribution in [0.4, 0.5) is 5.95 Å². The number of guanidine groups is 1. The predicted octanol–water partition coefficient (Wildman–Crippen LogP) is 1.47. The van der Waals surface area contributed by atoms with Crippen molar-refractivity contribution in [2.24, 2.45) is 10.7 Å². The van der Waals surface area contributed by atoms with Crippen molar-refractivity contribution in [3.8, 4) is 11.6 Å². The number of aliphatic imine (C=N–C) groups is 1. The number of benzene rings is 1. The van der Waals surface area contributed by atoms with Gasteiger partial charge in [0.2, 0.25) is 11.8 Å². The summed E-state index contributed by atoms with van der Waals surface area (Å²) in [6.07, 6.45) is 0.723. The van der Waals surface area contributed by atoms with E-state index >= 15 is 0 Å². The zero-order valence-corrected chi connectivity index (χ0v) is 12.6. The lowest BCUT2D eigenvalue weighted by molar-refractivity contribution is 0.397. The van der Waals surface area contributed by atoms with Crippen molar-refractivity contribution in [3.05, 3.63) is 41.6 Å². The van der Waals surface area contributed by atoms with Crippen LogP contribution < -0.4 is 15.8 Å². The molecule has 0 bridgehead atoms. The van der Waals surface area contributed by atoms with Gasteiger partial charge in [0.1, 0.15) is 5.75 Å². The number of aromatic hydroxyl groups is 1. The van der Waals surface area contributed by atoms with Crippen LogP contribution in [-0.2, 0) is 6.42 Å². The second-order valence-corrected chi connectivity index (χ2v) is 4.68. The fraction of sp³-hybridized carbons (Fsp3) is 0.267. The van der Waals surface area contributed by atoms with Gasteiger partial charge in [-0.1, -0.05) is 12.1 Å². The number of methoxy groups -OCH3 is 1. The van der Waals surface area contributed by atoms with Crippen LogP contribution in [0.15, 0.2) is 35.3 Å². The molecule has 2 aromatic rings. The Balaban J connectivity index is 1.92. The van der Waals surface area contributed by atoms with Crippen LogP contribution in [0.1, 0.15) is 11.3 Å². The highest BCUT2D eigenvalue weighted by Crippen LogP contribution is 2.11. The molecule has 0 unspecified atom stereocenters. The molecule has 0 amide bonds. The van der Waals surface area contributed by atoms with Crippen LogP contribution >= 0.6 is 0 Å². The van der Waals surface area contributed by atoms with Crippen molar-refractivity contribution in [1.29, 1.82) is 0 Å². The maximum Gasteiger partial charge on any atom is 0.233 e. The highest BCUT2D eigenvalue weighted by Gasteiger charge is 2.03. The summed E-state index contributed by atoms with van der Waals surface area (Å²) >= 11 is 0.